The van der Waals surface area contributed by atoms with Crippen LogP contribution in [0.5, 0.6) is 0 Å². The first-order chi connectivity index (χ1) is 8.42. The fourth-order valence-electron chi connectivity index (χ4n) is 1.70. The van der Waals surface area contributed by atoms with E-state index in [9.17, 15) is 9.18 Å². The molecule has 0 fully saturated rings. The molecule has 0 aliphatic rings. The highest BCUT2D eigenvalue weighted by Gasteiger charge is 2.28. The topological polar surface area (TPSA) is 58.4 Å². The maximum Gasteiger partial charge on any atom is 0.322 e. The van der Waals surface area contributed by atoms with Gasteiger partial charge in [0.2, 0.25) is 0 Å². The van der Waals surface area contributed by atoms with Gasteiger partial charge in [-0.2, -0.15) is 0 Å². The number of nitrogens with one attached hydrogen (secondary N) is 1. The molecule has 0 spiro atoms. The molecule has 0 radical (unpaired) electrons. The highest BCUT2D eigenvalue weighted by Crippen LogP contribution is 2.17. The quantitative estimate of drug-likeness (QED) is 0.865. The number of urea groups is 1. The Bertz CT molecular complexity index is 420. The van der Waals surface area contributed by atoms with Crippen molar-refractivity contribution in [3.05, 3.63) is 30.1 Å². The molecule has 1 aromatic carbocycles. The summed E-state index contributed by atoms with van der Waals surface area (Å²) in [7, 11) is 0. The van der Waals surface area contributed by atoms with Crippen LogP contribution in [0.1, 0.15) is 20.8 Å². The molecule has 100 valence electrons. The molecule has 4 nitrogen and oxygen atoms in total. The van der Waals surface area contributed by atoms with Crippen molar-refractivity contribution in [2.75, 3.05) is 18.4 Å². The highest BCUT2D eigenvalue weighted by molar-refractivity contribution is 5.89. The van der Waals surface area contributed by atoms with Gasteiger partial charge < -0.3 is 16.0 Å². The van der Waals surface area contributed by atoms with Crippen molar-refractivity contribution in [2.45, 2.75) is 26.3 Å². The first-order valence-corrected chi connectivity index (χ1v) is 5.95. The fourth-order valence-corrected chi connectivity index (χ4v) is 1.70. The molecule has 0 saturated carbocycles. The Balaban J connectivity index is 2.84. The smallest absolute Gasteiger partial charge is 0.322 e. The number of amides is 2. The molecule has 0 unspecified atom stereocenters. The van der Waals surface area contributed by atoms with Gasteiger partial charge in [-0.25, -0.2) is 9.18 Å². The van der Waals surface area contributed by atoms with Gasteiger partial charge in [0, 0.05) is 13.1 Å². The number of nitrogens with zero attached hydrogens (tertiary/aromatic N) is 1. The van der Waals surface area contributed by atoms with Crippen LogP contribution in [0.15, 0.2) is 24.3 Å². The number of hydrogen-bond acceptors (Lipinski definition) is 2. The molecule has 0 atom stereocenters. The summed E-state index contributed by atoms with van der Waals surface area (Å²) in [4.78, 5) is 13.7. The summed E-state index contributed by atoms with van der Waals surface area (Å²) >= 11 is 0. The first-order valence-electron chi connectivity index (χ1n) is 5.95. The number of likely N-dealkylation sites (N-methyl/N-ethyl adjacent to an activating group) is 1. The summed E-state index contributed by atoms with van der Waals surface area (Å²) < 4.78 is 13.4. The van der Waals surface area contributed by atoms with Crippen LogP contribution in [0.3, 0.4) is 0 Å². The zero-order chi connectivity index (χ0) is 13.8. The molecule has 0 aliphatic carbocycles. The molecule has 18 heavy (non-hydrogen) atoms. The van der Waals surface area contributed by atoms with Gasteiger partial charge in [-0.15, -0.1) is 0 Å². The SMILES string of the molecule is CCN(C(=O)Nc1ccccc1F)C(C)(C)CN. The predicted octanol–water partition coefficient (Wildman–Crippen LogP) is 2.42. The van der Waals surface area contributed by atoms with Gasteiger partial charge >= 0.3 is 6.03 Å². The van der Waals surface area contributed by atoms with E-state index in [1.165, 1.54) is 12.1 Å². The molecule has 1 aromatic rings. The third-order valence-electron chi connectivity index (χ3n) is 2.91. The van der Waals surface area contributed by atoms with E-state index in [4.69, 9.17) is 5.73 Å². The number of para-hydroxylation sites is 1. The van der Waals surface area contributed by atoms with Crippen molar-refractivity contribution in [1.29, 1.82) is 0 Å². The minimum Gasteiger partial charge on any atom is -0.328 e. The van der Waals surface area contributed by atoms with Crippen LogP contribution in [0, 0.1) is 5.82 Å². The van der Waals surface area contributed by atoms with Gasteiger partial charge in [0.15, 0.2) is 0 Å². The summed E-state index contributed by atoms with van der Waals surface area (Å²) in [5, 5.41) is 2.56. The Labute approximate surface area is 107 Å². The van der Waals surface area contributed by atoms with E-state index < -0.39 is 11.4 Å². The third-order valence-corrected chi connectivity index (χ3v) is 2.91. The van der Waals surface area contributed by atoms with E-state index in [-0.39, 0.29) is 11.7 Å². The average Bonchev–Trinajstić information content (AvgIpc) is 2.32. The third kappa shape index (κ3) is 3.20. The number of hydrogen-bond donors (Lipinski definition) is 2. The molecule has 3 N–H and O–H groups in total. The van der Waals surface area contributed by atoms with Gasteiger partial charge in [0.25, 0.3) is 0 Å². The van der Waals surface area contributed by atoms with Crippen LogP contribution in [-0.2, 0) is 0 Å². The molecule has 2 amide bonds. The summed E-state index contributed by atoms with van der Waals surface area (Å²) in [6.07, 6.45) is 0. The lowest BCUT2D eigenvalue weighted by molar-refractivity contribution is 0.155. The van der Waals surface area contributed by atoms with E-state index in [0.29, 0.717) is 13.1 Å². The summed E-state index contributed by atoms with van der Waals surface area (Å²) in [5.41, 5.74) is 5.35. The van der Waals surface area contributed by atoms with Crippen molar-refractivity contribution >= 4 is 11.7 Å². The van der Waals surface area contributed by atoms with Gasteiger partial charge in [-0.3, -0.25) is 0 Å². The number of rotatable bonds is 4. The van der Waals surface area contributed by atoms with Crippen molar-refractivity contribution in [3.8, 4) is 0 Å². The summed E-state index contributed by atoms with van der Waals surface area (Å²) in [6, 6.07) is 5.73. The van der Waals surface area contributed by atoms with Crippen molar-refractivity contribution in [2.24, 2.45) is 5.73 Å². The maximum atomic E-state index is 13.4. The zero-order valence-corrected chi connectivity index (χ0v) is 11.0. The van der Waals surface area contributed by atoms with Crippen molar-refractivity contribution in [1.82, 2.24) is 4.90 Å². The van der Waals surface area contributed by atoms with Crippen LogP contribution in [0.2, 0.25) is 0 Å². The second-order valence-corrected chi connectivity index (χ2v) is 4.67. The van der Waals surface area contributed by atoms with Gasteiger partial charge in [-0.1, -0.05) is 12.1 Å². The van der Waals surface area contributed by atoms with E-state index in [2.05, 4.69) is 5.32 Å². The molecule has 0 heterocycles. The van der Waals surface area contributed by atoms with Crippen LogP contribution >= 0.6 is 0 Å². The van der Waals surface area contributed by atoms with Crippen LogP contribution in [0.25, 0.3) is 0 Å². The standard InChI is InChI=1S/C13H20FN3O/c1-4-17(13(2,3)9-15)12(18)16-11-8-6-5-7-10(11)14/h5-8H,4,9,15H2,1-3H3,(H,16,18). The van der Waals surface area contributed by atoms with E-state index in [1.54, 1.807) is 17.0 Å². The lowest BCUT2D eigenvalue weighted by atomic mass is 10.0. The molecule has 0 aliphatic heterocycles. The average molecular weight is 253 g/mol. The van der Waals surface area contributed by atoms with Crippen molar-refractivity contribution < 1.29 is 9.18 Å². The van der Waals surface area contributed by atoms with Gasteiger partial charge in [0.05, 0.1) is 11.2 Å². The first kappa shape index (κ1) is 14.4. The maximum absolute atomic E-state index is 13.4. The number of carbonyl (C=O) groups excluding carboxylic acids is 1. The normalized spacial score (nSPS) is 11.2. The molecule has 0 aromatic heterocycles. The van der Waals surface area contributed by atoms with Gasteiger partial charge in [-0.05, 0) is 32.9 Å². The highest BCUT2D eigenvalue weighted by atomic mass is 19.1. The minimum absolute atomic E-state index is 0.175. The molecule has 0 saturated heterocycles. The van der Waals surface area contributed by atoms with E-state index in [0.717, 1.165) is 0 Å². The summed E-state index contributed by atoms with van der Waals surface area (Å²) in [5.74, 6) is -0.451. The number of halogens is 1. The Morgan fingerprint density at radius 1 is 1.44 bits per heavy atom. The lowest BCUT2D eigenvalue weighted by Crippen LogP contribution is -2.53. The Morgan fingerprint density at radius 2 is 2.06 bits per heavy atom. The lowest BCUT2D eigenvalue weighted by Gasteiger charge is -2.36. The van der Waals surface area contributed by atoms with E-state index in [1.807, 2.05) is 20.8 Å². The number of anilines is 1. The Morgan fingerprint density at radius 3 is 2.56 bits per heavy atom. The van der Waals surface area contributed by atoms with Crippen LogP contribution in [0.4, 0.5) is 14.9 Å². The van der Waals surface area contributed by atoms with Crippen molar-refractivity contribution in [3.63, 3.8) is 0 Å². The molecular weight excluding hydrogens is 233 g/mol. The monoisotopic (exact) mass is 253 g/mol. The minimum atomic E-state index is -0.468. The second kappa shape index (κ2) is 5.82. The molecule has 0 bridgehead atoms. The summed E-state index contributed by atoms with van der Waals surface area (Å²) in [6.45, 7) is 6.45. The zero-order valence-electron chi connectivity index (χ0n) is 11.0. The number of benzene rings is 1. The second-order valence-electron chi connectivity index (χ2n) is 4.67. The number of carbonyl (C=O) groups is 1. The Hall–Kier alpha value is -1.62. The van der Waals surface area contributed by atoms with Gasteiger partial charge in [0.1, 0.15) is 5.82 Å². The number of nitrogens with two attached hydrogens (primary N) is 1. The predicted molar refractivity (Wildman–Crippen MR) is 70.9 cm³/mol. The molecular formula is C13H20FN3O. The molecule has 1 rings (SSSR count). The van der Waals surface area contributed by atoms with Crippen LogP contribution in [-0.4, -0.2) is 29.6 Å². The Kier molecular flexibility index (Phi) is 4.67. The fraction of sp³-hybridized carbons (Fsp3) is 0.462. The van der Waals surface area contributed by atoms with Crippen LogP contribution < -0.4 is 11.1 Å². The van der Waals surface area contributed by atoms with E-state index >= 15 is 0 Å². The molecule has 5 heteroatoms. The largest absolute Gasteiger partial charge is 0.328 e.